The van der Waals surface area contributed by atoms with E-state index in [-0.39, 0.29) is 5.92 Å². The number of hydrogen-bond donors (Lipinski definition) is 1. The molecule has 0 rings (SSSR count). The van der Waals surface area contributed by atoms with Crippen molar-refractivity contribution >= 4 is 0 Å². The van der Waals surface area contributed by atoms with Gasteiger partial charge in [-0.2, -0.15) is 0 Å². The number of hydrogen-bond acceptors (Lipinski definition) is 1. The van der Waals surface area contributed by atoms with Crippen LogP contribution < -0.4 is 0 Å². The predicted molar refractivity (Wildman–Crippen MR) is 40.3 cm³/mol. The molecule has 0 aromatic carbocycles. The van der Waals surface area contributed by atoms with Crippen molar-refractivity contribution in [1.29, 1.82) is 0 Å². The minimum atomic E-state index is -0.601. The fraction of sp³-hybridized carbons (Fsp3) is 0.750. The lowest BCUT2D eigenvalue weighted by atomic mass is 9.89. The molecule has 0 fully saturated rings. The summed E-state index contributed by atoms with van der Waals surface area (Å²) in [6.45, 7) is 9.30. The molecule has 0 saturated heterocycles. The summed E-state index contributed by atoms with van der Waals surface area (Å²) < 4.78 is 0. The second-order valence-electron chi connectivity index (χ2n) is 2.90. The van der Waals surface area contributed by atoms with E-state index in [1.54, 1.807) is 6.08 Å². The molecule has 0 aliphatic rings. The molecule has 0 aliphatic heterocycles. The van der Waals surface area contributed by atoms with E-state index in [1.807, 2.05) is 20.8 Å². The molecular formula is C8H16O. The van der Waals surface area contributed by atoms with Gasteiger partial charge in [-0.25, -0.2) is 0 Å². The molecule has 0 saturated carbocycles. The van der Waals surface area contributed by atoms with E-state index >= 15 is 0 Å². The van der Waals surface area contributed by atoms with Gasteiger partial charge < -0.3 is 5.11 Å². The van der Waals surface area contributed by atoms with Gasteiger partial charge in [0.2, 0.25) is 0 Å². The third-order valence-corrected chi connectivity index (χ3v) is 1.63. The average molecular weight is 128 g/mol. The highest BCUT2D eigenvalue weighted by molar-refractivity contribution is 4.89. The Balaban J connectivity index is 3.94. The molecule has 0 radical (unpaired) electrons. The van der Waals surface area contributed by atoms with Gasteiger partial charge in [-0.3, -0.25) is 0 Å². The summed E-state index contributed by atoms with van der Waals surface area (Å²) in [4.78, 5) is 0. The van der Waals surface area contributed by atoms with Crippen molar-refractivity contribution in [1.82, 2.24) is 0 Å². The highest BCUT2D eigenvalue weighted by Crippen LogP contribution is 2.19. The molecule has 54 valence electrons. The van der Waals surface area contributed by atoms with E-state index in [9.17, 15) is 5.11 Å². The maximum absolute atomic E-state index is 9.41. The van der Waals surface area contributed by atoms with Crippen LogP contribution in [0.4, 0.5) is 0 Å². The van der Waals surface area contributed by atoms with E-state index in [0.717, 1.165) is 6.42 Å². The predicted octanol–water partition coefficient (Wildman–Crippen LogP) is 1.97. The average Bonchev–Trinajstić information content (AvgIpc) is 1.65. The Morgan fingerprint density at radius 2 is 2.11 bits per heavy atom. The highest BCUT2D eigenvalue weighted by atomic mass is 16.3. The zero-order valence-electron chi connectivity index (χ0n) is 6.52. The lowest BCUT2D eigenvalue weighted by molar-refractivity contribution is 0.0357. The molecule has 1 N–H and O–H groups in total. The molecule has 0 amide bonds. The molecule has 1 atom stereocenters. The van der Waals surface area contributed by atoms with Gasteiger partial charge >= 0.3 is 0 Å². The van der Waals surface area contributed by atoms with Gasteiger partial charge in [0.15, 0.2) is 0 Å². The van der Waals surface area contributed by atoms with E-state index in [2.05, 4.69) is 6.58 Å². The van der Waals surface area contributed by atoms with Crippen molar-refractivity contribution < 1.29 is 5.11 Å². The van der Waals surface area contributed by atoms with Crippen LogP contribution in [0.2, 0.25) is 0 Å². The number of aliphatic hydroxyl groups is 1. The monoisotopic (exact) mass is 128 g/mol. The zero-order valence-corrected chi connectivity index (χ0v) is 6.52. The maximum Gasteiger partial charge on any atom is 0.0653 e. The third kappa shape index (κ3) is 2.66. The summed E-state index contributed by atoms with van der Waals surface area (Å²) in [5, 5.41) is 9.41. The Labute approximate surface area is 57.4 Å². The van der Waals surface area contributed by atoms with Crippen LogP contribution in [0.3, 0.4) is 0 Å². The van der Waals surface area contributed by atoms with Gasteiger partial charge in [-0.1, -0.05) is 13.0 Å². The van der Waals surface area contributed by atoms with Crippen LogP contribution >= 0.6 is 0 Å². The van der Waals surface area contributed by atoms with Crippen molar-refractivity contribution in [3.8, 4) is 0 Å². The second-order valence-corrected chi connectivity index (χ2v) is 2.90. The van der Waals surface area contributed by atoms with Crippen LogP contribution in [0.25, 0.3) is 0 Å². The van der Waals surface area contributed by atoms with Gasteiger partial charge in [0.25, 0.3) is 0 Å². The lowest BCUT2D eigenvalue weighted by Gasteiger charge is -2.24. The molecule has 9 heavy (non-hydrogen) atoms. The Kier molecular flexibility index (Phi) is 2.92. The van der Waals surface area contributed by atoms with E-state index in [1.165, 1.54) is 0 Å². The molecule has 0 spiro atoms. The molecule has 0 aliphatic carbocycles. The Morgan fingerprint density at radius 3 is 2.11 bits per heavy atom. The molecule has 0 bridgehead atoms. The minimum Gasteiger partial charge on any atom is -0.390 e. The van der Waals surface area contributed by atoms with Crippen LogP contribution in [-0.4, -0.2) is 10.7 Å². The maximum atomic E-state index is 9.41. The largest absolute Gasteiger partial charge is 0.390 e. The molecule has 0 heterocycles. The normalized spacial score (nSPS) is 15.1. The van der Waals surface area contributed by atoms with Crippen LogP contribution in [-0.2, 0) is 0 Å². The first-order chi connectivity index (χ1) is 4.02. The van der Waals surface area contributed by atoms with Crippen LogP contribution in [0.5, 0.6) is 0 Å². The van der Waals surface area contributed by atoms with Crippen LogP contribution in [0, 0.1) is 5.92 Å². The summed E-state index contributed by atoms with van der Waals surface area (Å²) in [5.74, 6) is 0.220. The highest BCUT2D eigenvalue weighted by Gasteiger charge is 2.21. The summed E-state index contributed by atoms with van der Waals surface area (Å²) in [7, 11) is 0. The summed E-state index contributed by atoms with van der Waals surface area (Å²) in [6.07, 6.45) is 2.76. The van der Waals surface area contributed by atoms with Gasteiger partial charge in [-0.15, -0.1) is 6.58 Å². The molecule has 0 aromatic heterocycles. The van der Waals surface area contributed by atoms with Gasteiger partial charge in [0.1, 0.15) is 0 Å². The quantitative estimate of drug-likeness (QED) is 0.576. The summed E-state index contributed by atoms with van der Waals surface area (Å²) in [5.41, 5.74) is -0.601. The lowest BCUT2D eigenvalue weighted by Crippen LogP contribution is -2.28. The first-order valence-corrected chi connectivity index (χ1v) is 3.37. The molecule has 0 aromatic rings. The summed E-state index contributed by atoms with van der Waals surface area (Å²) in [6, 6.07) is 0. The second kappa shape index (κ2) is 3.02. The van der Waals surface area contributed by atoms with Crippen molar-refractivity contribution in [2.75, 3.05) is 0 Å². The van der Waals surface area contributed by atoms with Crippen molar-refractivity contribution in [3.63, 3.8) is 0 Å². The van der Waals surface area contributed by atoms with Crippen molar-refractivity contribution in [2.45, 2.75) is 32.8 Å². The SMILES string of the molecule is C=CC(CC)C(C)(C)O. The van der Waals surface area contributed by atoms with Crippen molar-refractivity contribution in [2.24, 2.45) is 5.92 Å². The van der Waals surface area contributed by atoms with Gasteiger partial charge in [0.05, 0.1) is 5.60 Å². The Hall–Kier alpha value is -0.300. The fourth-order valence-corrected chi connectivity index (χ4v) is 0.955. The van der Waals surface area contributed by atoms with Crippen LogP contribution in [0.15, 0.2) is 12.7 Å². The molecule has 1 heteroatoms. The molecule has 1 nitrogen and oxygen atoms in total. The molecular weight excluding hydrogens is 112 g/mol. The third-order valence-electron chi connectivity index (χ3n) is 1.63. The Morgan fingerprint density at radius 1 is 1.67 bits per heavy atom. The minimum absolute atomic E-state index is 0.220. The van der Waals surface area contributed by atoms with Gasteiger partial charge in [-0.05, 0) is 20.3 Å². The zero-order chi connectivity index (χ0) is 7.49. The van der Waals surface area contributed by atoms with E-state index < -0.39 is 5.60 Å². The topological polar surface area (TPSA) is 20.2 Å². The fourth-order valence-electron chi connectivity index (χ4n) is 0.955. The Bertz CT molecular complexity index is 89.2. The first kappa shape index (κ1) is 8.70. The smallest absolute Gasteiger partial charge is 0.0653 e. The molecule has 1 unspecified atom stereocenters. The first-order valence-electron chi connectivity index (χ1n) is 3.37. The standard InChI is InChI=1S/C8H16O/c1-5-7(6-2)8(3,4)9/h5,7,9H,1,6H2,2-4H3. The summed E-state index contributed by atoms with van der Waals surface area (Å²) >= 11 is 0. The van der Waals surface area contributed by atoms with E-state index in [4.69, 9.17) is 0 Å². The number of rotatable bonds is 3. The van der Waals surface area contributed by atoms with Gasteiger partial charge in [0, 0.05) is 5.92 Å². The van der Waals surface area contributed by atoms with E-state index in [0.29, 0.717) is 0 Å². The van der Waals surface area contributed by atoms with Crippen molar-refractivity contribution in [3.05, 3.63) is 12.7 Å². The van der Waals surface area contributed by atoms with Crippen LogP contribution in [0.1, 0.15) is 27.2 Å².